The van der Waals surface area contributed by atoms with E-state index in [1.807, 2.05) is 25.2 Å². The first kappa shape index (κ1) is 13.8. The van der Waals surface area contributed by atoms with Gasteiger partial charge in [-0.05, 0) is 43.0 Å². The first-order valence-corrected chi connectivity index (χ1v) is 7.07. The van der Waals surface area contributed by atoms with E-state index in [-0.39, 0.29) is 11.7 Å². The summed E-state index contributed by atoms with van der Waals surface area (Å²) in [7, 11) is 1.97. The number of aliphatic hydroxyl groups is 1. The van der Waals surface area contributed by atoms with Crippen LogP contribution in [0.25, 0.3) is 10.9 Å². The smallest absolute Gasteiger partial charge is 0.336 e. The van der Waals surface area contributed by atoms with Gasteiger partial charge in [-0.25, -0.2) is 9.78 Å². The van der Waals surface area contributed by atoms with Gasteiger partial charge in [0.2, 0.25) is 0 Å². The van der Waals surface area contributed by atoms with Crippen LogP contribution >= 0.6 is 0 Å². The predicted octanol–water partition coefficient (Wildman–Crippen LogP) is 2.14. The summed E-state index contributed by atoms with van der Waals surface area (Å²) in [5.74, 6) is 0.395. The number of hydrogen-bond donors (Lipinski definition) is 2. The molecule has 3 rings (SSSR count). The minimum absolute atomic E-state index is 0.147. The second-order valence-corrected chi connectivity index (χ2v) is 5.72. The SMILES string of the molecule is CN(CC1CC(O)C1)c1ccc2c(C(=O)O)cccc2n1. The first-order chi connectivity index (χ1) is 10.0. The van der Waals surface area contributed by atoms with Crippen molar-refractivity contribution in [2.24, 2.45) is 5.92 Å². The number of aromatic nitrogens is 1. The Kier molecular flexibility index (Phi) is 3.51. The molecule has 0 atom stereocenters. The summed E-state index contributed by atoms with van der Waals surface area (Å²) in [6.45, 7) is 0.855. The number of aliphatic hydroxyl groups excluding tert-OH is 1. The standard InChI is InChI=1S/C16H18N2O3/c1-18(9-10-7-11(19)8-10)15-6-5-12-13(16(20)21)3-2-4-14(12)17-15/h2-6,10-11,19H,7-9H2,1H3,(H,20,21). The largest absolute Gasteiger partial charge is 0.478 e. The second-order valence-electron chi connectivity index (χ2n) is 5.72. The molecule has 0 unspecified atom stereocenters. The molecule has 5 nitrogen and oxygen atoms in total. The normalized spacial score (nSPS) is 21.0. The van der Waals surface area contributed by atoms with Gasteiger partial charge < -0.3 is 15.1 Å². The van der Waals surface area contributed by atoms with E-state index in [0.29, 0.717) is 16.8 Å². The fourth-order valence-corrected chi connectivity index (χ4v) is 2.87. The lowest BCUT2D eigenvalue weighted by Crippen LogP contribution is -2.37. The lowest BCUT2D eigenvalue weighted by Gasteiger charge is -2.34. The van der Waals surface area contributed by atoms with Gasteiger partial charge in [-0.3, -0.25) is 0 Å². The molecule has 0 aliphatic heterocycles. The summed E-state index contributed by atoms with van der Waals surface area (Å²) in [5, 5.41) is 19.2. The Morgan fingerprint density at radius 3 is 2.76 bits per heavy atom. The van der Waals surface area contributed by atoms with Crippen LogP contribution in [0.1, 0.15) is 23.2 Å². The summed E-state index contributed by atoms with van der Waals surface area (Å²) in [4.78, 5) is 17.8. The summed E-state index contributed by atoms with van der Waals surface area (Å²) in [5.41, 5.74) is 0.962. The highest BCUT2D eigenvalue weighted by Gasteiger charge is 2.28. The number of hydrogen-bond acceptors (Lipinski definition) is 4. The number of nitrogens with zero attached hydrogens (tertiary/aromatic N) is 2. The van der Waals surface area contributed by atoms with Gasteiger partial charge in [0.05, 0.1) is 17.2 Å². The number of fused-ring (bicyclic) bond motifs is 1. The van der Waals surface area contributed by atoms with Crippen molar-refractivity contribution < 1.29 is 15.0 Å². The van der Waals surface area contributed by atoms with Gasteiger partial charge >= 0.3 is 5.97 Å². The molecule has 1 aliphatic rings. The number of carbonyl (C=O) groups is 1. The molecule has 1 saturated carbocycles. The molecule has 5 heteroatoms. The van der Waals surface area contributed by atoms with Crippen molar-refractivity contribution in [3.8, 4) is 0 Å². The highest BCUT2D eigenvalue weighted by molar-refractivity contribution is 6.02. The Hall–Kier alpha value is -2.14. The third kappa shape index (κ3) is 2.69. The zero-order valence-electron chi connectivity index (χ0n) is 11.9. The average molecular weight is 286 g/mol. The Morgan fingerprint density at radius 2 is 2.10 bits per heavy atom. The number of aromatic carboxylic acids is 1. The quantitative estimate of drug-likeness (QED) is 0.900. The Morgan fingerprint density at radius 1 is 1.33 bits per heavy atom. The molecule has 0 radical (unpaired) electrons. The molecular weight excluding hydrogens is 268 g/mol. The van der Waals surface area contributed by atoms with Crippen LogP contribution in [-0.4, -0.2) is 40.9 Å². The van der Waals surface area contributed by atoms with Crippen LogP contribution in [0.5, 0.6) is 0 Å². The molecule has 0 bridgehead atoms. The molecule has 1 aliphatic carbocycles. The number of rotatable bonds is 4. The summed E-state index contributed by atoms with van der Waals surface area (Å²) >= 11 is 0. The zero-order valence-corrected chi connectivity index (χ0v) is 11.9. The van der Waals surface area contributed by atoms with E-state index in [4.69, 9.17) is 0 Å². The lowest BCUT2D eigenvalue weighted by atomic mass is 9.82. The Bertz CT molecular complexity index is 680. The number of carboxylic acids is 1. The van der Waals surface area contributed by atoms with Crippen molar-refractivity contribution >= 4 is 22.7 Å². The van der Waals surface area contributed by atoms with Gasteiger partial charge in [-0.15, -0.1) is 0 Å². The Balaban J connectivity index is 1.85. The van der Waals surface area contributed by atoms with E-state index in [1.54, 1.807) is 12.1 Å². The van der Waals surface area contributed by atoms with Gasteiger partial charge in [0.25, 0.3) is 0 Å². The maximum absolute atomic E-state index is 11.2. The van der Waals surface area contributed by atoms with Gasteiger partial charge in [0.15, 0.2) is 0 Å². The minimum Gasteiger partial charge on any atom is -0.478 e. The summed E-state index contributed by atoms with van der Waals surface area (Å²) in [6, 6.07) is 8.79. The lowest BCUT2D eigenvalue weighted by molar-refractivity contribution is 0.0464. The topological polar surface area (TPSA) is 73.7 Å². The highest BCUT2D eigenvalue weighted by atomic mass is 16.4. The fourth-order valence-electron chi connectivity index (χ4n) is 2.87. The second kappa shape index (κ2) is 5.33. The molecule has 2 N–H and O–H groups in total. The van der Waals surface area contributed by atoms with Gasteiger partial charge in [-0.2, -0.15) is 0 Å². The molecule has 0 spiro atoms. The van der Waals surface area contributed by atoms with Crippen LogP contribution in [0.2, 0.25) is 0 Å². The zero-order chi connectivity index (χ0) is 15.0. The summed E-state index contributed by atoms with van der Waals surface area (Å²) < 4.78 is 0. The number of pyridine rings is 1. The number of anilines is 1. The van der Waals surface area contributed by atoms with Crippen LogP contribution in [0.4, 0.5) is 5.82 Å². The van der Waals surface area contributed by atoms with Gasteiger partial charge in [0.1, 0.15) is 5.82 Å². The molecule has 1 aromatic heterocycles. The molecule has 1 heterocycles. The Labute approximate surface area is 122 Å². The first-order valence-electron chi connectivity index (χ1n) is 7.07. The van der Waals surface area contributed by atoms with E-state index in [1.165, 1.54) is 0 Å². The van der Waals surface area contributed by atoms with Crippen molar-refractivity contribution in [1.82, 2.24) is 4.98 Å². The van der Waals surface area contributed by atoms with Crippen molar-refractivity contribution in [2.75, 3.05) is 18.5 Å². The summed E-state index contributed by atoms with van der Waals surface area (Å²) in [6.07, 6.45) is 1.55. The van der Waals surface area contributed by atoms with E-state index in [0.717, 1.165) is 25.2 Å². The highest BCUT2D eigenvalue weighted by Crippen LogP contribution is 2.29. The monoisotopic (exact) mass is 286 g/mol. The van der Waals surface area contributed by atoms with E-state index in [2.05, 4.69) is 9.88 Å². The minimum atomic E-state index is -0.938. The van der Waals surface area contributed by atoms with Crippen molar-refractivity contribution in [3.63, 3.8) is 0 Å². The third-order valence-corrected chi connectivity index (χ3v) is 4.08. The number of benzene rings is 1. The van der Waals surface area contributed by atoms with Crippen molar-refractivity contribution in [2.45, 2.75) is 18.9 Å². The molecule has 110 valence electrons. The van der Waals surface area contributed by atoms with Crippen molar-refractivity contribution in [3.05, 3.63) is 35.9 Å². The molecule has 0 amide bonds. The van der Waals surface area contributed by atoms with Crippen LogP contribution in [0.15, 0.2) is 30.3 Å². The van der Waals surface area contributed by atoms with Gasteiger partial charge in [0, 0.05) is 19.0 Å². The maximum Gasteiger partial charge on any atom is 0.336 e. The molecular formula is C16H18N2O3. The van der Waals surface area contributed by atoms with Gasteiger partial charge in [-0.1, -0.05) is 6.07 Å². The average Bonchev–Trinajstić information content (AvgIpc) is 2.44. The molecule has 2 aromatic rings. The van der Waals surface area contributed by atoms with Crippen LogP contribution < -0.4 is 4.90 Å². The number of carboxylic acid groups (broad SMARTS) is 1. The molecule has 0 saturated heterocycles. The maximum atomic E-state index is 11.2. The van der Waals surface area contributed by atoms with Crippen LogP contribution in [0.3, 0.4) is 0 Å². The van der Waals surface area contributed by atoms with Crippen LogP contribution in [-0.2, 0) is 0 Å². The van der Waals surface area contributed by atoms with Crippen molar-refractivity contribution in [1.29, 1.82) is 0 Å². The molecule has 1 fully saturated rings. The van der Waals surface area contributed by atoms with Crippen LogP contribution in [0, 0.1) is 5.92 Å². The fraction of sp³-hybridized carbons (Fsp3) is 0.375. The third-order valence-electron chi connectivity index (χ3n) is 4.08. The molecule has 1 aromatic carbocycles. The van der Waals surface area contributed by atoms with E-state index >= 15 is 0 Å². The molecule has 21 heavy (non-hydrogen) atoms. The van der Waals surface area contributed by atoms with E-state index < -0.39 is 5.97 Å². The predicted molar refractivity (Wildman–Crippen MR) is 80.7 cm³/mol. The van der Waals surface area contributed by atoms with E-state index in [9.17, 15) is 15.0 Å².